The van der Waals surface area contributed by atoms with Gasteiger partial charge >= 0.3 is 0 Å². The van der Waals surface area contributed by atoms with Crippen LogP contribution in [0, 0.1) is 5.92 Å². The van der Waals surface area contributed by atoms with E-state index in [9.17, 15) is 4.79 Å². The lowest BCUT2D eigenvalue weighted by Gasteiger charge is -2.28. The molecule has 0 aromatic rings. The van der Waals surface area contributed by atoms with Gasteiger partial charge in [0.25, 0.3) is 0 Å². The Hall–Kier alpha value is -0.220. The first-order valence-corrected chi connectivity index (χ1v) is 7.47. The zero-order chi connectivity index (χ0) is 12.9. The summed E-state index contributed by atoms with van der Waals surface area (Å²) >= 11 is 1.90. The summed E-state index contributed by atoms with van der Waals surface area (Å²) in [6, 6.07) is 0. The highest BCUT2D eigenvalue weighted by molar-refractivity contribution is 8.00. The number of thioether (sulfide) groups is 1. The van der Waals surface area contributed by atoms with Crippen LogP contribution < -0.4 is 5.32 Å². The van der Waals surface area contributed by atoms with Crippen LogP contribution in [0.4, 0.5) is 0 Å². The molecule has 0 saturated carbocycles. The van der Waals surface area contributed by atoms with Crippen LogP contribution in [-0.2, 0) is 4.79 Å². The largest absolute Gasteiger partial charge is 0.355 e. The maximum absolute atomic E-state index is 11.9. The second-order valence-corrected chi connectivity index (χ2v) is 7.75. The summed E-state index contributed by atoms with van der Waals surface area (Å²) in [4.78, 5) is 14.2. The normalized spacial score (nSPS) is 19.3. The van der Waals surface area contributed by atoms with Gasteiger partial charge in [-0.2, -0.15) is 11.8 Å². The highest BCUT2D eigenvalue weighted by Gasteiger charge is 2.22. The van der Waals surface area contributed by atoms with Crippen LogP contribution in [0.3, 0.4) is 0 Å². The van der Waals surface area contributed by atoms with Crippen LogP contribution in [0.2, 0.25) is 0 Å². The number of likely N-dealkylation sites (tertiary alicyclic amines) is 1. The monoisotopic (exact) mass is 258 g/mol. The molecule has 1 saturated heterocycles. The molecule has 0 bridgehead atoms. The fourth-order valence-corrected chi connectivity index (χ4v) is 2.76. The predicted octanol–water partition coefficient (Wildman–Crippen LogP) is 1.98. The molecule has 17 heavy (non-hydrogen) atoms. The van der Waals surface area contributed by atoms with Crippen molar-refractivity contribution in [1.29, 1.82) is 0 Å². The SMILES string of the molecule is CN1CCC(C(=O)NCCSC(C)(C)C)CC1. The third-order valence-electron chi connectivity index (χ3n) is 3.03. The molecule has 3 nitrogen and oxygen atoms in total. The summed E-state index contributed by atoms with van der Waals surface area (Å²) in [5.41, 5.74) is 0. The fraction of sp³-hybridized carbons (Fsp3) is 0.923. The van der Waals surface area contributed by atoms with Gasteiger partial charge in [-0.25, -0.2) is 0 Å². The van der Waals surface area contributed by atoms with Crippen LogP contribution in [0.15, 0.2) is 0 Å². The summed E-state index contributed by atoms with van der Waals surface area (Å²) in [7, 11) is 2.12. The lowest BCUT2D eigenvalue weighted by molar-refractivity contribution is -0.126. The van der Waals surface area contributed by atoms with Crippen molar-refractivity contribution in [3.8, 4) is 0 Å². The second-order valence-electron chi connectivity index (χ2n) is 5.83. The smallest absolute Gasteiger partial charge is 0.223 e. The number of nitrogens with one attached hydrogen (secondary N) is 1. The van der Waals surface area contributed by atoms with E-state index in [1.165, 1.54) is 0 Å². The van der Waals surface area contributed by atoms with Crippen molar-refractivity contribution in [2.75, 3.05) is 32.4 Å². The first-order valence-electron chi connectivity index (χ1n) is 6.49. The maximum Gasteiger partial charge on any atom is 0.223 e. The number of nitrogens with zero attached hydrogens (tertiary/aromatic N) is 1. The predicted molar refractivity (Wildman–Crippen MR) is 75.4 cm³/mol. The lowest BCUT2D eigenvalue weighted by atomic mass is 9.96. The second kappa shape index (κ2) is 6.64. The zero-order valence-electron chi connectivity index (χ0n) is 11.6. The summed E-state index contributed by atoms with van der Waals surface area (Å²) in [5, 5.41) is 3.06. The minimum atomic E-state index is 0.242. The van der Waals surface area contributed by atoms with Gasteiger partial charge in [-0.3, -0.25) is 4.79 Å². The third kappa shape index (κ3) is 6.32. The van der Waals surface area contributed by atoms with Gasteiger partial charge in [-0.1, -0.05) is 20.8 Å². The van der Waals surface area contributed by atoms with Gasteiger partial charge in [0.05, 0.1) is 0 Å². The van der Waals surface area contributed by atoms with E-state index in [0.29, 0.717) is 0 Å². The van der Waals surface area contributed by atoms with E-state index in [2.05, 4.69) is 38.0 Å². The van der Waals surface area contributed by atoms with Crippen molar-refractivity contribution in [1.82, 2.24) is 10.2 Å². The molecule has 0 aromatic heterocycles. The molecule has 4 heteroatoms. The Morgan fingerprint density at radius 3 is 2.47 bits per heavy atom. The molecule has 0 aliphatic carbocycles. The standard InChI is InChI=1S/C13H26N2OS/c1-13(2,3)17-10-7-14-12(16)11-5-8-15(4)9-6-11/h11H,5-10H2,1-4H3,(H,14,16). The Kier molecular flexibility index (Phi) is 5.80. The summed E-state index contributed by atoms with van der Waals surface area (Å²) in [5.74, 6) is 1.50. The van der Waals surface area contributed by atoms with E-state index < -0.39 is 0 Å². The zero-order valence-corrected chi connectivity index (χ0v) is 12.4. The van der Waals surface area contributed by atoms with Crippen molar-refractivity contribution < 1.29 is 4.79 Å². The van der Waals surface area contributed by atoms with E-state index in [1.807, 2.05) is 11.8 Å². The first kappa shape index (κ1) is 14.8. The van der Waals surface area contributed by atoms with E-state index in [4.69, 9.17) is 0 Å². The Balaban J connectivity index is 2.13. The quantitative estimate of drug-likeness (QED) is 0.783. The Morgan fingerprint density at radius 2 is 1.94 bits per heavy atom. The fourth-order valence-electron chi connectivity index (χ4n) is 1.95. The summed E-state index contributed by atoms with van der Waals surface area (Å²) in [6.07, 6.45) is 2.02. The molecule has 0 spiro atoms. The van der Waals surface area contributed by atoms with Crippen LogP contribution in [-0.4, -0.2) is 48.0 Å². The van der Waals surface area contributed by atoms with Gasteiger partial charge in [-0.15, -0.1) is 0 Å². The van der Waals surface area contributed by atoms with E-state index in [-0.39, 0.29) is 16.6 Å². The minimum absolute atomic E-state index is 0.242. The molecule has 0 radical (unpaired) electrons. The molecule has 0 atom stereocenters. The first-order chi connectivity index (χ1) is 7.88. The molecular formula is C13H26N2OS. The van der Waals surface area contributed by atoms with E-state index in [0.717, 1.165) is 38.2 Å². The number of piperidine rings is 1. The highest BCUT2D eigenvalue weighted by Crippen LogP contribution is 2.22. The number of carbonyl (C=O) groups excluding carboxylic acids is 1. The van der Waals surface area contributed by atoms with Gasteiger partial charge in [-0.05, 0) is 33.0 Å². The van der Waals surface area contributed by atoms with Crippen LogP contribution in [0.1, 0.15) is 33.6 Å². The molecule has 0 unspecified atom stereocenters. The van der Waals surface area contributed by atoms with Crippen molar-refractivity contribution in [2.24, 2.45) is 5.92 Å². The van der Waals surface area contributed by atoms with Crippen LogP contribution in [0.5, 0.6) is 0 Å². The molecule has 1 aliphatic rings. The molecule has 1 aliphatic heterocycles. The Morgan fingerprint density at radius 1 is 1.35 bits per heavy atom. The van der Waals surface area contributed by atoms with Gasteiger partial charge in [0, 0.05) is 23.0 Å². The van der Waals surface area contributed by atoms with E-state index in [1.54, 1.807) is 0 Å². The molecule has 0 aromatic carbocycles. The molecular weight excluding hydrogens is 232 g/mol. The van der Waals surface area contributed by atoms with Crippen molar-refractivity contribution in [2.45, 2.75) is 38.4 Å². The molecule has 100 valence electrons. The van der Waals surface area contributed by atoms with Crippen LogP contribution in [0.25, 0.3) is 0 Å². The number of amides is 1. The molecule has 1 heterocycles. The average Bonchev–Trinajstić information content (AvgIpc) is 2.24. The third-order valence-corrected chi connectivity index (χ3v) is 4.30. The number of hydrogen-bond donors (Lipinski definition) is 1. The van der Waals surface area contributed by atoms with Gasteiger partial charge in [0.2, 0.25) is 5.91 Å². The number of carbonyl (C=O) groups is 1. The maximum atomic E-state index is 11.9. The van der Waals surface area contributed by atoms with Gasteiger partial charge in [0.1, 0.15) is 0 Å². The van der Waals surface area contributed by atoms with Gasteiger partial charge in [0.15, 0.2) is 0 Å². The van der Waals surface area contributed by atoms with Crippen LogP contribution >= 0.6 is 11.8 Å². The molecule has 1 fully saturated rings. The molecule has 1 N–H and O–H groups in total. The highest BCUT2D eigenvalue weighted by atomic mass is 32.2. The topological polar surface area (TPSA) is 32.3 Å². The summed E-state index contributed by atoms with van der Waals surface area (Å²) < 4.78 is 0.290. The van der Waals surface area contributed by atoms with E-state index >= 15 is 0 Å². The Labute approximate surface area is 110 Å². The van der Waals surface area contributed by atoms with Crippen molar-refractivity contribution >= 4 is 17.7 Å². The lowest BCUT2D eigenvalue weighted by Crippen LogP contribution is -2.39. The Bertz CT molecular complexity index is 242. The molecule has 1 rings (SSSR count). The molecule has 1 amide bonds. The van der Waals surface area contributed by atoms with Gasteiger partial charge < -0.3 is 10.2 Å². The number of rotatable bonds is 4. The van der Waals surface area contributed by atoms with Crippen molar-refractivity contribution in [3.63, 3.8) is 0 Å². The average molecular weight is 258 g/mol. The number of hydrogen-bond acceptors (Lipinski definition) is 3. The summed E-state index contributed by atoms with van der Waals surface area (Å²) in [6.45, 7) is 9.51. The van der Waals surface area contributed by atoms with Crippen molar-refractivity contribution in [3.05, 3.63) is 0 Å². The minimum Gasteiger partial charge on any atom is -0.355 e.